The number of carboxylic acid groups (broad SMARTS) is 1. The van der Waals surface area contributed by atoms with Crippen molar-refractivity contribution in [2.75, 3.05) is 7.11 Å². The Morgan fingerprint density at radius 3 is 1.05 bits per heavy atom. The Labute approximate surface area is 561 Å². The van der Waals surface area contributed by atoms with Gasteiger partial charge < -0.3 is 9.84 Å². The molecule has 0 aliphatic carbocycles. The molecule has 0 bridgehead atoms. The van der Waals surface area contributed by atoms with Gasteiger partial charge in [-0.15, -0.1) is 0 Å². The van der Waals surface area contributed by atoms with E-state index in [9.17, 15) is 39.9 Å². The number of methoxy groups -OCH3 is 1. The van der Waals surface area contributed by atoms with Crippen LogP contribution < -0.4 is 9.47 Å². The molecule has 2 aromatic heterocycles. The first kappa shape index (κ1) is 84.4. The summed E-state index contributed by atoms with van der Waals surface area (Å²) in [5, 5.41) is 18.4. The summed E-state index contributed by atoms with van der Waals surface area (Å²) in [6, 6.07) is 39.1. The van der Waals surface area contributed by atoms with Crippen molar-refractivity contribution in [3.8, 4) is 5.75 Å². The number of carbonyl (C=O) groups is 1. The molecule has 0 radical (unpaired) electrons. The highest BCUT2D eigenvalue weighted by Crippen LogP contribution is 2.34. The summed E-state index contributed by atoms with van der Waals surface area (Å²) in [6.07, 6.45) is -3.55. The average Bonchev–Trinajstić information content (AvgIpc) is 0.904. The highest BCUT2D eigenvalue weighted by atomic mass is 35.5. The van der Waals surface area contributed by atoms with Crippen molar-refractivity contribution in [1.29, 1.82) is 0 Å². The van der Waals surface area contributed by atoms with Gasteiger partial charge >= 0.3 is 18.3 Å². The molecule has 8 aromatic rings. The summed E-state index contributed by atoms with van der Waals surface area (Å²) < 4.78 is 105. The van der Waals surface area contributed by atoms with E-state index in [0.717, 1.165) is 61.0 Å². The minimum atomic E-state index is -4.24. The van der Waals surface area contributed by atoms with Crippen LogP contribution in [0.4, 0.5) is 35.1 Å². The summed E-state index contributed by atoms with van der Waals surface area (Å²) in [6.45, 7) is 42.7. The third-order valence-corrected chi connectivity index (χ3v) is 15.2. The fourth-order valence-electron chi connectivity index (χ4n) is 9.55. The van der Waals surface area contributed by atoms with Gasteiger partial charge in [0.05, 0.1) is 18.2 Å². The normalized spacial score (nSPS) is 11.0. The lowest BCUT2D eigenvalue weighted by molar-refractivity contribution is -0.905. The van der Waals surface area contributed by atoms with E-state index in [-0.39, 0.29) is 29.2 Å². The van der Waals surface area contributed by atoms with Crippen molar-refractivity contribution in [3.63, 3.8) is 0 Å². The number of nitrogens with zero attached hydrogens (tertiary/aromatic N) is 2. The van der Waals surface area contributed by atoms with Gasteiger partial charge in [0.1, 0.15) is 23.1 Å². The average molecular weight is 1330 g/mol. The van der Waals surface area contributed by atoms with Crippen LogP contribution >= 0.6 is 11.6 Å². The maximum absolute atomic E-state index is 12.6. The zero-order valence-electron chi connectivity index (χ0n) is 59.1. The molecule has 15 heteroatoms. The van der Waals surface area contributed by atoms with Gasteiger partial charge in [-0.25, -0.2) is 18.6 Å². The first-order chi connectivity index (χ1) is 43.5. The van der Waals surface area contributed by atoms with Gasteiger partial charge in [0.2, 0.25) is 12.4 Å². The molecule has 6 nitrogen and oxygen atoms in total. The van der Waals surface area contributed by atoms with Crippen molar-refractivity contribution in [2.45, 2.75) is 205 Å². The molecular formula is C79H102ClF8N2O4+. The molecule has 0 aliphatic heterocycles. The lowest BCUT2D eigenvalue weighted by atomic mass is 9.96. The van der Waals surface area contributed by atoms with Crippen molar-refractivity contribution >= 4 is 17.6 Å². The smallest absolute Gasteiger partial charge is 0.416 e. The molecule has 0 aliphatic rings. The van der Waals surface area contributed by atoms with Gasteiger partial charge in [0, 0.05) is 27.6 Å². The van der Waals surface area contributed by atoms with Crippen LogP contribution in [0.3, 0.4) is 0 Å². The summed E-state index contributed by atoms with van der Waals surface area (Å²) in [5.74, 6) is 3.19. The molecule has 0 unspecified atom stereocenters. The zero-order valence-corrected chi connectivity index (χ0v) is 59.9. The maximum Gasteiger partial charge on any atom is 0.416 e. The molecule has 2 N–H and O–H groups in total. The Hall–Kier alpha value is -7.58. The highest BCUT2D eigenvalue weighted by Gasteiger charge is 2.31. The van der Waals surface area contributed by atoms with Crippen molar-refractivity contribution in [2.24, 2.45) is 0 Å². The Balaban J connectivity index is 0.000000538. The number of aromatic nitrogens is 2. The minimum Gasteiger partial charge on any atom is -0.497 e. The van der Waals surface area contributed by atoms with Crippen LogP contribution in [0.15, 0.2) is 158 Å². The third-order valence-electron chi connectivity index (χ3n) is 14.9. The van der Waals surface area contributed by atoms with E-state index in [2.05, 4.69) is 99.3 Å². The third kappa shape index (κ3) is 31.1. The van der Waals surface area contributed by atoms with E-state index in [1.807, 2.05) is 104 Å². The highest BCUT2D eigenvalue weighted by molar-refractivity contribution is 6.30. The lowest BCUT2D eigenvalue weighted by Gasteiger charge is -2.13. The molecule has 94 heavy (non-hydrogen) atoms. The predicted octanol–water partition coefficient (Wildman–Crippen LogP) is 24.6. The van der Waals surface area contributed by atoms with Crippen molar-refractivity contribution < 1.29 is 59.7 Å². The van der Waals surface area contributed by atoms with E-state index in [1.165, 1.54) is 58.1 Å². The molecule has 0 spiro atoms. The molecule has 0 fully saturated rings. The van der Waals surface area contributed by atoms with Crippen LogP contribution in [0.5, 0.6) is 5.75 Å². The molecule has 0 amide bonds. The quantitative estimate of drug-likeness (QED) is 0.0810. The predicted molar refractivity (Wildman–Crippen MR) is 372 cm³/mol. The Morgan fingerprint density at radius 1 is 0.447 bits per heavy atom. The lowest BCUT2D eigenvalue weighted by Crippen LogP contribution is -2.28. The van der Waals surface area contributed by atoms with Gasteiger partial charge in [-0.05, 0) is 234 Å². The standard InChI is InChI=1S/2C11H13F3.C10H13Cl.2C10H13F.C10H14O.C9H11NO2.C8H12NO/c2*1-7(2)10-5-4-9(6-8(10)3)11(12,13)14;3*1-7(2)10-5-4-9(11)6-8(10)3;1-8(2)9-4-6-10(11-3)7-5-9;1-6(2)7-3-4-8(9(11)12)10-5-7;1-7(2)8-4-3-5-9(10)6-8/h2*4-7H,1-3H3;3*4-7H,1-3H3;4-8H,1-3H3;3-6H,1-2H3,(H,11,12);3-7,10H,1-2H3/q;;;;;;;+1. The summed E-state index contributed by atoms with van der Waals surface area (Å²) >= 11 is 5.82. The zero-order chi connectivity index (χ0) is 72.1. The number of pyridine rings is 2. The second-order valence-electron chi connectivity index (χ2n) is 25.5. The first-order valence-electron chi connectivity index (χ1n) is 31.7. The van der Waals surface area contributed by atoms with E-state index >= 15 is 0 Å². The van der Waals surface area contributed by atoms with E-state index in [4.69, 9.17) is 26.7 Å². The minimum absolute atomic E-state index is 0.0967. The number of halogens is 9. The van der Waals surface area contributed by atoms with E-state index in [1.54, 1.807) is 69.9 Å². The molecule has 6 aromatic carbocycles. The topological polar surface area (TPSA) is 83.5 Å². The number of aryl methyl sites for hydroxylation is 5. The van der Waals surface area contributed by atoms with Gasteiger partial charge in [-0.3, -0.25) is 5.21 Å². The number of rotatable bonds is 10. The Morgan fingerprint density at radius 2 is 0.787 bits per heavy atom. The number of hydrogen-bond donors (Lipinski definition) is 2. The monoisotopic (exact) mass is 1330 g/mol. The number of aromatic carboxylic acids is 1. The van der Waals surface area contributed by atoms with Crippen LogP contribution in [0, 0.1) is 46.3 Å². The van der Waals surface area contributed by atoms with Crippen LogP contribution in [0.1, 0.15) is 252 Å². The number of hydrogen-bond acceptors (Lipinski definition) is 4. The largest absolute Gasteiger partial charge is 0.497 e. The molecule has 8 rings (SSSR count). The fraction of sp³-hybridized carbons (Fsp3) is 0.405. The van der Waals surface area contributed by atoms with Gasteiger partial charge in [0.15, 0.2) is 0 Å². The number of alkyl halides is 6. The van der Waals surface area contributed by atoms with Gasteiger partial charge in [-0.1, -0.05) is 171 Å². The molecule has 0 saturated heterocycles. The second kappa shape index (κ2) is 40.6. The molecular weight excluding hydrogens is 1230 g/mol. The first-order valence-corrected chi connectivity index (χ1v) is 32.1. The molecule has 0 saturated carbocycles. The van der Waals surface area contributed by atoms with Crippen LogP contribution in [0.2, 0.25) is 5.02 Å². The molecule has 2 heterocycles. The van der Waals surface area contributed by atoms with Crippen LogP contribution in [0.25, 0.3) is 0 Å². The molecule has 0 atom stereocenters. The SMILES string of the molecule is CC(C)c1ccc(C(=O)O)nc1.CC(C)c1ccc[n+](O)c1.COc1ccc(C(C)C)cc1.Cc1cc(C(F)(F)F)ccc1C(C)C.Cc1cc(C(F)(F)F)ccc1C(C)C.Cc1cc(Cl)ccc1C(C)C.Cc1cc(F)ccc1C(C)C.Cc1cc(F)ccc1C(C)C. The number of carboxylic acids is 1. The Kier molecular flexibility index (Phi) is 36.5. The fourth-order valence-corrected chi connectivity index (χ4v) is 9.77. The summed E-state index contributed by atoms with van der Waals surface area (Å²) in [5.41, 5.74) is 13.1. The maximum atomic E-state index is 12.6. The second-order valence-corrected chi connectivity index (χ2v) is 25.9. The Bertz CT molecular complexity index is 3320. The van der Waals surface area contributed by atoms with E-state index < -0.39 is 29.4 Å². The van der Waals surface area contributed by atoms with Crippen LogP contribution in [-0.2, 0) is 12.4 Å². The summed E-state index contributed by atoms with van der Waals surface area (Å²) in [7, 11) is 1.68. The number of ether oxygens (including phenoxy) is 1. The van der Waals surface area contributed by atoms with Crippen LogP contribution in [-0.4, -0.2) is 28.4 Å². The summed E-state index contributed by atoms with van der Waals surface area (Å²) in [4.78, 5) is 14.2. The number of benzene rings is 6. The van der Waals surface area contributed by atoms with Crippen molar-refractivity contribution in [3.05, 3.63) is 264 Å². The van der Waals surface area contributed by atoms with Gasteiger partial charge in [-0.2, -0.15) is 26.3 Å². The van der Waals surface area contributed by atoms with E-state index in [0.29, 0.717) is 46.6 Å². The van der Waals surface area contributed by atoms with Crippen molar-refractivity contribution in [1.82, 2.24) is 4.98 Å². The molecule has 514 valence electrons. The van der Waals surface area contributed by atoms with Gasteiger partial charge in [0.25, 0.3) is 0 Å².